The second kappa shape index (κ2) is 4.81. The Balaban J connectivity index is 3.67. The summed E-state index contributed by atoms with van der Waals surface area (Å²) in [7, 11) is 1.58. The fraction of sp³-hybridized carbons (Fsp3) is 0.667. The first-order chi connectivity index (χ1) is 5.07. The van der Waals surface area contributed by atoms with Crippen molar-refractivity contribution in [1.82, 2.24) is 5.32 Å². The van der Waals surface area contributed by atoms with Gasteiger partial charge in [0.25, 0.3) is 0 Å². The highest BCUT2D eigenvalue weighted by atomic mass is 16.6. The SMILES string of the molecule is CNCC(=O)OC(=O)[C@H](C)N. The Morgan fingerprint density at radius 2 is 2.18 bits per heavy atom. The highest BCUT2D eigenvalue weighted by molar-refractivity contribution is 5.88. The molecule has 0 spiro atoms. The molecule has 0 aromatic rings. The number of nitrogens with two attached hydrogens (primary N) is 1. The molecule has 0 rings (SSSR count). The lowest BCUT2D eigenvalue weighted by Gasteiger charge is -2.03. The summed E-state index contributed by atoms with van der Waals surface area (Å²) in [6.07, 6.45) is 0. The molecule has 11 heavy (non-hydrogen) atoms. The minimum Gasteiger partial charge on any atom is -0.391 e. The van der Waals surface area contributed by atoms with Crippen LogP contribution in [0.5, 0.6) is 0 Å². The van der Waals surface area contributed by atoms with E-state index in [1.165, 1.54) is 6.92 Å². The van der Waals surface area contributed by atoms with E-state index in [1.807, 2.05) is 0 Å². The normalized spacial score (nSPS) is 12.3. The fourth-order valence-corrected chi connectivity index (χ4v) is 0.386. The van der Waals surface area contributed by atoms with Gasteiger partial charge in [0.2, 0.25) is 0 Å². The van der Waals surface area contributed by atoms with E-state index in [1.54, 1.807) is 7.05 Å². The van der Waals surface area contributed by atoms with Crippen LogP contribution in [0.15, 0.2) is 0 Å². The van der Waals surface area contributed by atoms with Gasteiger partial charge in [-0.3, -0.25) is 4.79 Å². The van der Waals surface area contributed by atoms with E-state index in [0.29, 0.717) is 0 Å². The minimum atomic E-state index is -0.754. The molecule has 0 saturated carbocycles. The molecule has 0 aliphatic rings. The van der Waals surface area contributed by atoms with E-state index < -0.39 is 18.0 Å². The van der Waals surface area contributed by atoms with Gasteiger partial charge in [0.1, 0.15) is 6.04 Å². The first kappa shape index (κ1) is 10.1. The maximum Gasteiger partial charge on any atom is 0.330 e. The predicted molar refractivity (Wildman–Crippen MR) is 38.7 cm³/mol. The van der Waals surface area contributed by atoms with Gasteiger partial charge in [-0.2, -0.15) is 0 Å². The Morgan fingerprint density at radius 1 is 1.64 bits per heavy atom. The molecule has 64 valence electrons. The van der Waals surface area contributed by atoms with Crippen molar-refractivity contribution < 1.29 is 14.3 Å². The maximum absolute atomic E-state index is 10.6. The van der Waals surface area contributed by atoms with E-state index in [9.17, 15) is 9.59 Å². The average Bonchev–Trinajstić information content (AvgIpc) is 1.87. The fourth-order valence-electron chi connectivity index (χ4n) is 0.386. The van der Waals surface area contributed by atoms with Crippen LogP contribution in [0.2, 0.25) is 0 Å². The standard InChI is InChI=1S/C6H12N2O3/c1-4(7)6(10)11-5(9)3-8-2/h4,8H,3,7H2,1-2H3/t4-/m0/s1. The highest BCUT2D eigenvalue weighted by Crippen LogP contribution is 1.83. The van der Waals surface area contributed by atoms with Gasteiger partial charge in [-0.1, -0.05) is 0 Å². The quantitative estimate of drug-likeness (QED) is 0.393. The largest absolute Gasteiger partial charge is 0.391 e. The molecule has 0 bridgehead atoms. The van der Waals surface area contributed by atoms with Crippen LogP contribution in [0, 0.1) is 0 Å². The summed E-state index contributed by atoms with van der Waals surface area (Å²) in [4.78, 5) is 21.2. The number of likely N-dealkylation sites (N-methyl/N-ethyl adjacent to an activating group) is 1. The van der Waals surface area contributed by atoms with Gasteiger partial charge in [-0.15, -0.1) is 0 Å². The van der Waals surface area contributed by atoms with Crippen molar-refractivity contribution in [3.63, 3.8) is 0 Å². The first-order valence-electron chi connectivity index (χ1n) is 3.22. The van der Waals surface area contributed by atoms with E-state index >= 15 is 0 Å². The topological polar surface area (TPSA) is 81.4 Å². The molecule has 5 nitrogen and oxygen atoms in total. The Kier molecular flexibility index (Phi) is 4.40. The van der Waals surface area contributed by atoms with E-state index in [-0.39, 0.29) is 6.54 Å². The predicted octanol–water partition coefficient (Wildman–Crippen LogP) is -1.38. The number of carbonyl (C=O) groups excluding carboxylic acids is 2. The van der Waals surface area contributed by atoms with E-state index in [2.05, 4.69) is 10.1 Å². The van der Waals surface area contributed by atoms with Crippen molar-refractivity contribution in [1.29, 1.82) is 0 Å². The van der Waals surface area contributed by atoms with Crippen LogP contribution in [0.3, 0.4) is 0 Å². The van der Waals surface area contributed by atoms with Crippen LogP contribution < -0.4 is 11.1 Å². The molecule has 0 aliphatic carbocycles. The average molecular weight is 160 g/mol. The second-order valence-electron chi connectivity index (χ2n) is 2.11. The smallest absolute Gasteiger partial charge is 0.330 e. The minimum absolute atomic E-state index is 0.0124. The summed E-state index contributed by atoms with van der Waals surface area (Å²) in [5, 5.41) is 2.54. The van der Waals surface area contributed by atoms with Crippen molar-refractivity contribution in [3.8, 4) is 0 Å². The molecular weight excluding hydrogens is 148 g/mol. The van der Waals surface area contributed by atoms with Gasteiger partial charge < -0.3 is 15.8 Å². The Hall–Kier alpha value is -0.940. The third kappa shape index (κ3) is 4.46. The van der Waals surface area contributed by atoms with Crippen LogP contribution in [-0.4, -0.2) is 31.6 Å². The van der Waals surface area contributed by atoms with Crippen molar-refractivity contribution >= 4 is 11.9 Å². The lowest BCUT2D eigenvalue weighted by atomic mass is 10.4. The summed E-state index contributed by atoms with van der Waals surface area (Å²) >= 11 is 0. The molecule has 0 radical (unpaired) electrons. The first-order valence-corrected chi connectivity index (χ1v) is 3.22. The molecule has 0 saturated heterocycles. The van der Waals surface area contributed by atoms with Crippen molar-refractivity contribution in [2.45, 2.75) is 13.0 Å². The van der Waals surface area contributed by atoms with Gasteiger partial charge in [0.05, 0.1) is 6.54 Å². The maximum atomic E-state index is 10.6. The third-order valence-electron chi connectivity index (χ3n) is 0.907. The molecule has 3 N–H and O–H groups in total. The molecule has 0 heterocycles. The van der Waals surface area contributed by atoms with Gasteiger partial charge in [0.15, 0.2) is 0 Å². The summed E-state index contributed by atoms with van der Waals surface area (Å²) < 4.78 is 4.29. The van der Waals surface area contributed by atoms with Crippen LogP contribution >= 0.6 is 0 Å². The number of rotatable bonds is 3. The summed E-state index contributed by atoms with van der Waals surface area (Å²) in [5.41, 5.74) is 5.13. The van der Waals surface area contributed by atoms with Crippen molar-refractivity contribution in [3.05, 3.63) is 0 Å². The van der Waals surface area contributed by atoms with E-state index in [4.69, 9.17) is 5.73 Å². The third-order valence-corrected chi connectivity index (χ3v) is 0.907. The molecule has 5 heteroatoms. The Bertz CT molecular complexity index is 156. The molecular formula is C6H12N2O3. The highest BCUT2D eigenvalue weighted by Gasteiger charge is 2.12. The lowest BCUT2D eigenvalue weighted by molar-refractivity contribution is -0.159. The zero-order valence-electron chi connectivity index (χ0n) is 6.59. The van der Waals surface area contributed by atoms with Gasteiger partial charge in [-0.25, -0.2) is 4.79 Å². The molecule has 0 fully saturated rings. The number of ether oxygens (including phenoxy) is 1. The van der Waals surface area contributed by atoms with Crippen molar-refractivity contribution in [2.24, 2.45) is 5.73 Å². The van der Waals surface area contributed by atoms with Gasteiger partial charge in [-0.05, 0) is 14.0 Å². The van der Waals surface area contributed by atoms with Crippen LogP contribution in [0.4, 0.5) is 0 Å². The molecule has 1 atom stereocenters. The number of hydrogen-bond acceptors (Lipinski definition) is 5. The van der Waals surface area contributed by atoms with Crippen LogP contribution in [-0.2, 0) is 14.3 Å². The summed E-state index contributed by atoms with van der Waals surface area (Å²) in [6.45, 7) is 1.47. The Morgan fingerprint density at radius 3 is 2.55 bits per heavy atom. The monoisotopic (exact) mass is 160 g/mol. The molecule has 0 aliphatic heterocycles. The van der Waals surface area contributed by atoms with E-state index in [0.717, 1.165) is 0 Å². The summed E-state index contributed by atoms with van der Waals surface area (Å²) in [5.74, 6) is -1.32. The number of carbonyl (C=O) groups is 2. The molecule has 0 aromatic heterocycles. The van der Waals surface area contributed by atoms with Gasteiger partial charge in [0, 0.05) is 0 Å². The number of esters is 2. The van der Waals surface area contributed by atoms with Crippen molar-refractivity contribution in [2.75, 3.05) is 13.6 Å². The molecule has 0 unspecified atom stereocenters. The molecule has 0 aromatic carbocycles. The van der Waals surface area contributed by atoms with Gasteiger partial charge >= 0.3 is 11.9 Å². The van der Waals surface area contributed by atoms with Crippen LogP contribution in [0.25, 0.3) is 0 Å². The number of nitrogens with one attached hydrogen (secondary N) is 1. The lowest BCUT2D eigenvalue weighted by Crippen LogP contribution is -2.33. The molecule has 0 amide bonds. The van der Waals surface area contributed by atoms with Crippen LogP contribution in [0.1, 0.15) is 6.92 Å². The second-order valence-corrected chi connectivity index (χ2v) is 2.11. The zero-order chi connectivity index (χ0) is 8.85. The Labute approximate surface area is 64.9 Å². The number of hydrogen-bond donors (Lipinski definition) is 2. The summed E-state index contributed by atoms with van der Waals surface area (Å²) in [6, 6.07) is -0.754. The zero-order valence-corrected chi connectivity index (χ0v) is 6.59.